The Bertz CT molecular complexity index is 660. The van der Waals surface area contributed by atoms with Crippen LogP contribution in [0.5, 0.6) is 5.75 Å². The third-order valence-corrected chi connectivity index (χ3v) is 3.45. The van der Waals surface area contributed by atoms with Gasteiger partial charge in [0.05, 0.1) is 0 Å². The van der Waals surface area contributed by atoms with Crippen LogP contribution in [0.15, 0.2) is 36.4 Å². The molecule has 0 heterocycles. The molecule has 0 bridgehead atoms. The Morgan fingerprint density at radius 2 is 2.05 bits per heavy atom. The second kappa shape index (κ2) is 6.20. The summed E-state index contributed by atoms with van der Waals surface area (Å²) in [6.45, 7) is 2.08. The zero-order valence-corrected chi connectivity index (χ0v) is 12.4. The molecule has 2 aromatic rings. The normalized spacial score (nSPS) is 10.3. The molecule has 20 heavy (non-hydrogen) atoms. The van der Waals surface area contributed by atoms with Crippen molar-refractivity contribution in [2.45, 2.75) is 13.5 Å². The molecular weight excluding hydrogens is 297 g/mol. The molecule has 104 valence electrons. The zero-order chi connectivity index (χ0) is 14.7. The minimum atomic E-state index is -0.284. The van der Waals surface area contributed by atoms with Crippen molar-refractivity contribution >= 4 is 28.8 Å². The highest BCUT2D eigenvalue weighted by Gasteiger charge is 2.06. The maximum Gasteiger partial charge on any atom is 0.123 e. The maximum atomic E-state index is 13.0. The van der Waals surface area contributed by atoms with Crippen LogP contribution in [-0.2, 0) is 6.61 Å². The third-order valence-electron chi connectivity index (χ3n) is 2.86. The van der Waals surface area contributed by atoms with Crippen molar-refractivity contribution in [3.8, 4) is 5.75 Å². The fourth-order valence-corrected chi connectivity index (χ4v) is 2.11. The van der Waals surface area contributed by atoms with Crippen molar-refractivity contribution in [2.75, 3.05) is 0 Å². The summed E-state index contributed by atoms with van der Waals surface area (Å²) >= 11 is 11.0. The van der Waals surface area contributed by atoms with E-state index in [1.807, 2.05) is 6.07 Å². The highest BCUT2D eigenvalue weighted by Crippen LogP contribution is 2.23. The van der Waals surface area contributed by atoms with Crippen molar-refractivity contribution in [2.24, 2.45) is 5.73 Å². The van der Waals surface area contributed by atoms with Crippen molar-refractivity contribution in [1.82, 2.24) is 0 Å². The minimum absolute atomic E-state index is 0.284. The van der Waals surface area contributed by atoms with Crippen molar-refractivity contribution in [3.05, 3.63) is 63.9 Å². The largest absolute Gasteiger partial charge is 0.489 e. The van der Waals surface area contributed by atoms with Gasteiger partial charge in [-0.1, -0.05) is 36.0 Å². The predicted octanol–water partition coefficient (Wildman–Crippen LogP) is 4.00. The summed E-state index contributed by atoms with van der Waals surface area (Å²) in [6.07, 6.45) is 0. The van der Waals surface area contributed by atoms with E-state index in [9.17, 15) is 4.39 Å². The van der Waals surface area contributed by atoms with Crippen LogP contribution in [0.2, 0.25) is 5.02 Å². The standard InChI is InChI=1S/C15H13ClFNOS/c1-9-6-12(17)4-5-14(9)19-8-11-3-2-10(15(18)20)7-13(11)16/h2-7H,8H2,1H3,(H2,18,20). The van der Waals surface area contributed by atoms with E-state index in [0.717, 1.165) is 11.1 Å². The summed E-state index contributed by atoms with van der Waals surface area (Å²) in [5.74, 6) is 0.342. The lowest BCUT2D eigenvalue weighted by Gasteiger charge is -2.11. The van der Waals surface area contributed by atoms with Gasteiger partial charge in [-0.3, -0.25) is 0 Å². The van der Waals surface area contributed by atoms with Gasteiger partial charge in [0, 0.05) is 16.1 Å². The van der Waals surface area contributed by atoms with E-state index >= 15 is 0 Å². The number of aryl methyl sites for hydroxylation is 1. The molecule has 2 N–H and O–H groups in total. The highest BCUT2D eigenvalue weighted by atomic mass is 35.5. The Labute approximate surface area is 127 Å². The molecule has 0 saturated carbocycles. The lowest BCUT2D eigenvalue weighted by atomic mass is 10.1. The third kappa shape index (κ3) is 3.46. The Morgan fingerprint density at radius 1 is 1.30 bits per heavy atom. The molecule has 2 nitrogen and oxygen atoms in total. The molecular formula is C15H13ClFNOS. The Balaban J connectivity index is 2.13. The first kappa shape index (κ1) is 14.8. The van der Waals surface area contributed by atoms with Gasteiger partial charge in [0.15, 0.2) is 0 Å². The molecule has 0 unspecified atom stereocenters. The van der Waals surface area contributed by atoms with E-state index in [0.29, 0.717) is 27.9 Å². The highest BCUT2D eigenvalue weighted by molar-refractivity contribution is 7.80. The number of benzene rings is 2. The zero-order valence-electron chi connectivity index (χ0n) is 10.8. The van der Waals surface area contributed by atoms with Crippen LogP contribution in [0.1, 0.15) is 16.7 Å². The van der Waals surface area contributed by atoms with Crippen molar-refractivity contribution in [1.29, 1.82) is 0 Å². The molecule has 0 aliphatic heterocycles. The van der Waals surface area contributed by atoms with Gasteiger partial charge in [-0.05, 0) is 36.8 Å². The smallest absolute Gasteiger partial charge is 0.123 e. The molecule has 0 fully saturated rings. The van der Waals surface area contributed by atoms with Gasteiger partial charge in [-0.25, -0.2) is 4.39 Å². The lowest BCUT2D eigenvalue weighted by Crippen LogP contribution is -2.09. The summed E-state index contributed by atoms with van der Waals surface area (Å²) in [4.78, 5) is 0.300. The number of hydrogen-bond acceptors (Lipinski definition) is 2. The van der Waals surface area contributed by atoms with E-state index in [1.165, 1.54) is 12.1 Å². The van der Waals surface area contributed by atoms with Crippen LogP contribution >= 0.6 is 23.8 Å². The average molecular weight is 310 g/mol. The molecule has 2 aromatic carbocycles. The van der Waals surface area contributed by atoms with Gasteiger partial charge < -0.3 is 10.5 Å². The molecule has 0 amide bonds. The summed E-state index contributed by atoms with van der Waals surface area (Å²) in [7, 11) is 0. The van der Waals surface area contributed by atoms with Gasteiger partial charge in [-0.2, -0.15) is 0 Å². The molecule has 0 aliphatic rings. The summed E-state index contributed by atoms with van der Waals surface area (Å²) < 4.78 is 18.6. The van der Waals surface area contributed by atoms with Crippen molar-refractivity contribution < 1.29 is 9.13 Å². The first-order valence-electron chi connectivity index (χ1n) is 5.94. The summed E-state index contributed by atoms with van der Waals surface area (Å²) in [6, 6.07) is 9.70. The fourth-order valence-electron chi connectivity index (χ4n) is 1.75. The van der Waals surface area contributed by atoms with Crippen LogP contribution in [0.3, 0.4) is 0 Å². The Morgan fingerprint density at radius 3 is 2.65 bits per heavy atom. The molecule has 0 saturated heterocycles. The van der Waals surface area contributed by atoms with E-state index in [1.54, 1.807) is 25.1 Å². The van der Waals surface area contributed by atoms with Crippen LogP contribution in [-0.4, -0.2) is 4.99 Å². The number of hydrogen-bond donors (Lipinski definition) is 1. The number of ether oxygens (including phenoxy) is 1. The van der Waals surface area contributed by atoms with Gasteiger partial charge >= 0.3 is 0 Å². The maximum absolute atomic E-state index is 13.0. The van der Waals surface area contributed by atoms with Gasteiger partial charge in [-0.15, -0.1) is 0 Å². The lowest BCUT2D eigenvalue weighted by molar-refractivity contribution is 0.303. The topological polar surface area (TPSA) is 35.2 Å². The van der Waals surface area contributed by atoms with Gasteiger partial charge in [0.2, 0.25) is 0 Å². The number of nitrogens with two attached hydrogens (primary N) is 1. The fraction of sp³-hybridized carbons (Fsp3) is 0.133. The van der Waals surface area contributed by atoms with Crippen molar-refractivity contribution in [3.63, 3.8) is 0 Å². The molecule has 0 aliphatic carbocycles. The Kier molecular flexibility index (Phi) is 4.57. The minimum Gasteiger partial charge on any atom is -0.489 e. The predicted molar refractivity (Wildman–Crippen MR) is 82.8 cm³/mol. The van der Waals surface area contributed by atoms with Crippen LogP contribution in [0.25, 0.3) is 0 Å². The van der Waals surface area contributed by atoms with E-state index < -0.39 is 0 Å². The molecule has 0 spiro atoms. The van der Waals surface area contributed by atoms with Gasteiger partial charge in [0.25, 0.3) is 0 Å². The first-order chi connectivity index (χ1) is 9.47. The van der Waals surface area contributed by atoms with Crippen LogP contribution in [0.4, 0.5) is 4.39 Å². The summed E-state index contributed by atoms with van der Waals surface area (Å²) in [5.41, 5.74) is 7.80. The number of rotatable bonds is 4. The number of halogens is 2. The molecule has 0 radical (unpaired) electrons. The second-order valence-electron chi connectivity index (χ2n) is 4.37. The van der Waals surface area contributed by atoms with Crippen LogP contribution in [0, 0.1) is 12.7 Å². The van der Waals surface area contributed by atoms with Gasteiger partial charge in [0.1, 0.15) is 23.2 Å². The summed E-state index contributed by atoms with van der Waals surface area (Å²) in [5, 5.41) is 0.537. The SMILES string of the molecule is Cc1cc(F)ccc1OCc1ccc(C(N)=S)cc1Cl. The van der Waals surface area contributed by atoms with E-state index in [2.05, 4.69) is 0 Å². The number of thiocarbonyl (C=S) groups is 1. The quantitative estimate of drug-likeness (QED) is 0.867. The molecule has 5 heteroatoms. The Hall–Kier alpha value is -1.65. The monoisotopic (exact) mass is 309 g/mol. The molecule has 2 rings (SSSR count). The molecule has 0 aromatic heterocycles. The first-order valence-corrected chi connectivity index (χ1v) is 6.73. The molecule has 0 atom stereocenters. The van der Waals surface area contributed by atoms with E-state index in [-0.39, 0.29) is 5.82 Å². The average Bonchev–Trinajstić information content (AvgIpc) is 2.38. The second-order valence-corrected chi connectivity index (χ2v) is 5.22. The van der Waals surface area contributed by atoms with E-state index in [4.69, 9.17) is 34.3 Å². The van der Waals surface area contributed by atoms with Crippen LogP contribution < -0.4 is 10.5 Å².